The number of hydrogen-bond donors (Lipinski definition) is 2. The first-order valence-electron chi connectivity index (χ1n) is 8.23. The summed E-state index contributed by atoms with van der Waals surface area (Å²) in [6, 6.07) is 13.1. The molecule has 0 fully saturated rings. The minimum absolute atomic E-state index is 0.0757. The minimum atomic E-state index is -3.48. The van der Waals surface area contributed by atoms with Crippen molar-refractivity contribution in [2.24, 2.45) is 0 Å². The van der Waals surface area contributed by atoms with Gasteiger partial charge in [-0.15, -0.1) is 0 Å². The Kier molecular flexibility index (Phi) is 7.38. The van der Waals surface area contributed by atoms with Crippen LogP contribution in [-0.2, 0) is 14.8 Å². The normalized spacial score (nSPS) is 11.4. The van der Waals surface area contributed by atoms with E-state index in [-0.39, 0.29) is 16.0 Å². The zero-order chi connectivity index (χ0) is 20.7. The third-order valence-electron chi connectivity index (χ3n) is 3.58. The topological polar surface area (TPSA) is 95.6 Å². The van der Waals surface area contributed by atoms with Gasteiger partial charge in [-0.05, 0) is 66.8 Å². The van der Waals surface area contributed by atoms with Gasteiger partial charge in [-0.1, -0.05) is 12.1 Å². The molecule has 0 aliphatic rings. The van der Waals surface area contributed by atoms with Crippen LogP contribution in [0.25, 0.3) is 6.08 Å². The van der Waals surface area contributed by atoms with Crippen molar-refractivity contribution in [3.05, 3.63) is 60.2 Å². The van der Waals surface area contributed by atoms with Crippen molar-refractivity contribution in [2.75, 3.05) is 26.5 Å². The molecule has 0 aliphatic carbocycles. The molecule has 0 bridgehead atoms. The smallest absolute Gasteiger partial charge is 0.285 e. The van der Waals surface area contributed by atoms with Gasteiger partial charge in [0.15, 0.2) is 0 Å². The molecule has 0 aliphatic heterocycles. The van der Waals surface area contributed by atoms with Crippen LogP contribution >= 0.6 is 11.8 Å². The molecule has 28 heavy (non-hydrogen) atoms. The summed E-state index contributed by atoms with van der Waals surface area (Å²) in [5.74, 6) is -0.323. The van der Waals surface area contributed by atoms with Crippen LogP contribution in [0.3, 0.4) is 0 Å². The Morgan fingerprint density at radius 1 is 1.00 bits per heavy atom. The van der Waals surface area contributed by atoms with E-state index in [1.54, 1.807) is 56.6 Å². The first-order valence-corrected chi connectivity index (χ1v) is 10.5. The molecule has 2 aromatic carbocycles. The lowest BCUT2D eigenvalue weighted by Crippen LogP contribution is -2.18. The van der Waals surface area contributed by atoms with Crippen LogP contribution in [0.1, 0.15) is 5.56 Å². The minimum Gasteiger partial charge on any atom is -0.339 e. The number of thioether (sulfide) groups is 1. The van der Waals surface area contributed by atoms with E-state index in [9.17, 15) is 18.0 Å². The van der Waals surface area contributed by atoms with Crippen LogP contribution < -0.4 is 10.0 Å². The molecule has 7 nitrogen and oxygen atoms in total. The number of sulfonamides is 1. The Labute approximate surface area is 168 Å². The number of carbonyl (C=O) groups excluding carboxylic acids is 2. The number of nitrogens with one attached hydrogen (secondary N) is 2. The molecule has 9 heteroatoms. The Balaban J connectivity index is 1.95. The maximum atomic E-state index is 12.0. The van der Waals surface area contributed by atoms with Crippen molar-refractivity contribution in [3.63, 3.8) is 0 Å². The molecule has 0 aromatic heterocycles. The van der Waals surface area contributed by atoms with Gasteiger partial charge in [-0.2, -0.15) is 0 Å². The van der Waals surface area contributed by atoms with Crippen molar-refractivity contribution >= 4 is 44.7 Å². The van der Waals surface area contributed by atoms with Crippen molar-refractivity contribution in [1.82, 2.24) is 9.62 Å². The van der Waals surface area contributed by atoms with E-state index in [2.05, 4.69) is 10.0 Å². The van der Waals surface area contributed by atoms with E-state index in [1.807, 2.05) is 0 Å². The average Bonchev–Trinajstić information content (AvgIpc) is 2.68. The van der Waals surface area contributed by atoms with Gasteiger partial charge in [0.05, 0.1) is 4.90 Å². The number of rotatable bonds is 6. The largest absolute Gasteiger partial charge is 0.339 e. The molecule has 0 spiro atoms. The quantitative estimate of drug-likeness (QED) is 0.554. The monoisotopic (exact) mass is 419 g/mol. The van der Waals surface area contributed by atoms with Crippen LogP contribution in [0.2, 0.25) is 0 Å². The number of anilines is 1. The first kappa shape index (κ1) is 21.7. The van der Waals surface area contributed by atoms with Crippen LogP contribution in [0.15, 0.2) is 64.4 Å². The van der Waals surface area contributed by atoms with E-state index in [4.69, 9.17) is 0 Å². The maximum Gasteiger partial charge on any atom is 0.285 e. The Hall–Kier alpha value is -2.62. The highest BCUT2D eigenvalue weighted by Crippen LogP contribution is 2.22. The van der Waals surface area contributed by atoms with E-state index < -0.39 is 10.0 Å². The van der Waals surface area contributed by atoms with Crippen molar-refractivity contribution < 1.29 is 18.0 Å². The lowest BCUT2D eigenvalue weighted by molar-refractivity contribution is -0.111. The van der Waals surface area contributed by atoms with Crippen molar-refractivity contribution in [3.8, 4) is 0 Å². The van der Waals surface area contributed by atoms with Gasteiger partial charge in [0.2, 0.25) is 15.9 Å². The van der Waals surface area contributed by atoms with Crippen LogP contribution in [0.4, 0.5) is 10.5 Å². The summed E-state index contributed by atoms with van der Waals surface area (Å²) in [6.45, 7) is 0. The number of benzene rings is 2. The van der Waals surface area contributed by atoms with Gasteiger partial charge in [0.1, 0.15) is 0 Å². The molecule has 0 unspecified atom stereocenters. The summed E-state index contributed by atoms with van der Waals surface area (Å²) in [5.41, 5.74) is 1.30. The Morgan fingerprint density at radius 3 is 2.14 bits per heavy atom. The fourth-order valence-electron chi connectivity index (χ4n) is 2.03. The third-order valence-corrected chi connectivity index (χ3v) is 6.06. The molecular formula is C19H21N3O4S2. The highest BCUT2D eigenvalue weighted by molar-refractivity contribution is 8.13. The Morgan fingerprint density at radius 2 is 1.61 bits per heavy atom. The fraction of sp³-hybridized carbons (Fsp3) is 0.158. The molecule has 0 saturated carbocycles. The van der Waals surface area contributed by atoms with Gasteiger partial charge < -0.3 is 10.2 Å². The first-order chi connectivity index (χ1) is 13.2. The standard InChI is InChI=1S/C19H21N3O4S2/c1-20-28(25,26)17-11-4-14(5-12-17)6-13-18(23)21-15-7-9-16(10-8-15)27-19(24)22(2)3/h4-13,20H,1-3H3,(H,21,23)/b13-6+. The lowest BCUT2D eigenvalue weighted by Gasteiger charge is -2.09. The van der Waals surface area contributed by atoms with Gasteiger partial charge in [0.25, 0.3) is 5.24 Å². The fourth-order valence-corrected chi connectivity index (χ4v) is 3.42. The second-order valence-corrected chi connectivity index (χ2v) is 8.80. The van der Waals surface area contributed by atoms with E-state index >= 15 is 0 Å². The molecule has 2 amide bonds. The number of hydrogen-bond acceptors (Lipinski definition) is 5. The molecule has 2 N–H and O–H groups in total. The molecule has 2 rings (SSSR count). The van der Waals surface area contributed by atoms with Gasteiger partial charge >= 0.3 is 0 Å². The summed E-state index contributed by atoms with van der Waals surface area (Å²) in [4.78, 5) is 26.1. The summed E-state index contributed by atoms with van der Waals surface area (Å²) >= 11 is 1.10. The van der Waals surface area contributed by atoms with Crippen LogP contribution in [-0.4, -0.2) is 45.6 Å². The molecule has 0 radical (unpaired) electrons. The van der Waals surface area contributed by atoms with E-state index in [0.717, 1.165) is 16.7 Å². The highest BCUT2D eigenvalue weighted by Gasteiger charge is 2.10. The lowest BCUT2D eigenvalue weighted by atomic mass is 10.2. The SMILES string of the molecule is CNS(=O)(=O)c1ccc(/C=C/C(=O)Nc2ccc(SC(=O)N(C)C)cc2)cc1. The summed E-state index contributed by atoms with van der Waals surface area (Å²) in [7, 11) is 1.23. The van der Waals surface area contributed by atoms with E-state index in [0.29, 0.717) is 11.3 Å². The summed E-state index contributed by atoms with van der Waals surface area (Å²) in [6.07, 6.45) is 2.95. The number of nitrogens with zero attached hydrogens (tertiary/aromatic N) is 1. The van der Waals surface area contributed by atoms with Gasteiger partial charge in [-0.25, -0.2) is 13.1 Å². The average molecular weight is 420 g/mol. The molecular weight excluding hydrogens is 398 g/mol. The zero-order valence-electron chi connectivity index (χ0n) is 15.7. The van der Waals surface area contributed by atoms with Crippen molar-refractivity contribution in [1.29, 1.82) is 0 Å². The maximum absolute atomic E-state index is 12.0. The molecule has 148 valence electrons. The van der Waals surface area contributed by atoms with Crippen LogP contribution in [0.5, 0.6) is 0 Å². The number of carbonyl (C=O) groups is 2. The molecule has 0 heterocycles. The summed E-state index contributed by atoms with van der Waals surface area (Å²) < 4.78 is 25.6. The highest BCUT2D eigenvalue weighted by atomic mass is 32.2. The number of amides is 2. The predicted molar refractivity (Wildman–Crippen MR) is 112 cm³/mol. The molecule has 2 aromatic rings. The van der Waals surface area contributed by atoms with Crippen molar-refractivity contribution in [2.45, 2.75) is 9.79 Å². The molecule has 0 saturated heterocycles. The third kappa shape index (κ3) is 6.22. The Bertz CT molecular complexity index is 967. The predicted octanol–water partition coefficient (Wildman–Crippen LogP) is 3.02. The van der Waals surface area contributed by atoms with Gasteiger partial charge in [-0.3, -0.25) is 9.59 Å². The van der Waals surface area contributed by atoms with E-state index in [1.165, 1.54) is 30.2 Å². The van der Waals surface area contributed by atoms with Gasteiger partial charge in [0, 0.05) is 30.8 Å². The van der Waals surface area contributed by atoms with Crippen LogP contribution in [0, 0.1) is 0 Å². The summed E-state index contributed by atoms with van der Waals surface area (Å²) in [5, 5.41) is 2.65. The zero-order valence-corrected chi connectivity index (χ0v) is 17.3. The second-order valence-electron chi connectivity index (χ2n) is 5.89. The second kappa shape index (κ2) is 9.54. The molecule has 0 atom stereocenters.